The number of rotatable bonds is 7. The third-order valence-electron chi connectivity index (χ3n) is 3.85. The molecule has 0 amide bonds. The van der Waals surface area contributed by atoms with Gasteiger partial charge in [0, 0.05) is 23.6 Å². The van der Waals surface area contributed by atoms with Crippen molar-refractivity contribution >= 4 is 23.1 Å². The predicted molar refractivity (Wildman–Crippen MR) is 96.3 cm³/mol. The summed E-state index contributed by atoms with van der Waals surface area (Å²) in [7, 11) is 0. The van der Waals surface area contributed by atoms with Gasteiger partial charge in [-0.3, -0.25) is 0 Å². The van der Waals surface area contributed by atoms with Crippen LogP contribution in [0.15, 0.2) is 39.7 Å². The maximum atomic E-state index is 5.64. The SMILES string of the molecule is C=CCn1c(SCc2csc(-c3ccc(C)o3)n2)nnc1C1CC1. The van der Waals surface area contributed by atoms with E-state index in [0.29, 0.717) is 5.92 Å². The molecule has 4 rings (SSSR count). The Labute approximate surface area is 148 Å². The summed E-state index contributed by atoms with van der Waals surface area (Å²) in [5, 5.41) is 12.7. The molecule has 0 atom stereocenters. The highest BCUT2D eigenvalue weighted by Crippen LogP contribution is 2.40. The lowest BCUT2D eigenvalue weighted by Gasteiger charge is -2.06. The second-order valence-electron chi connectivity index (χ2n) is 5.86. The van der Waals surface area contributed by atoms with E-state index in [2.05, 4.69) is 31.7 Å². The summed E-state index contributed by atoms with van der Waals surface area (Å²) in [4.78, 5) is 4.67. The van der Waals surface area contributed by atoms with Crippen molar-refractivity contribution in [1.29, 1.82) is 0 Å². The highest BCUT2D eigenvalue weighted by atomic mass is 32.2. The molecule has 3 heterocycles. The molecule has 0 spiro atoms. The van der Waals surface area contributed by atoms with E-state index in [1.54, 1.807) is 23.1 Å². The van der Waals surface area contributed by atoms with E-state index in [-0.39, 0.29) is 0 Å². The number of allylic oxidation sites excluding steroid dienone is 1. The van der Waals surface area contributed by atoms with Crippen molar-refractivity contribution in [1.82, 2.24) is 19.7 Å². The molecule has 1 saturated carbocycles. The molecule has 0 saturated heterocycles. The zero-order chi connectivity index (χ0) is 16.5. The second kappa shape index (κ2) is 6.57. The van der Waals surface area contributed by atoms with Crippen LogP contribution in [0.3, 0.4) is 0 Å². The molecular weight excluding hydrogens is 340 g/mol. The topological polar surface area (TPSA) is 56.7 Å². The summed E-state index contributed by atoms with van der Waals surface area (Å²) < 4.78 is 7.82. The van der Waals surface area contributed by atoms with Crippen molar-refractivity contribution in [2.24, 2.45) is 0 Å². The molecule has 24 heavy (non-hydrogen) atoms. The van der Waals surface area contributed by atoms with Gasteiger partial charge in [0.05, 0.1) is 5.69 Å². The minimum Gasteiger partial charge on any atom is -0.459 e. The summed E-state index contributed by atoms with van der Waals surface area (Å²) in [5.41, 5.74) is 1.04. The number of thioether (sulfide) groups is 1. The predicted octanol–water partition coefficient (Wildman–Crippen LogP) is 4.66. The summed E-state index contributed by atoms with van der Waals surface area (Å²) in [6.45, 7) is 6.55. The van der Waals surface area contributed by atoms with Gasteiger partial charge in [0.25, 0.3) is 0 Å². The van der Waals surface area contributed by atoms with E-state index < -0.39 is 0 Å². The van der Waals surface area contributed by atoms with Crippen molar-refractivity contribution in [3.63, 3.8) is 0 Å². The molecule has 0 aliphatic heterocycles. The van der Waals surface area contributed by atoms with Gasteiger partial charge in [0.1, 0.15) is 11.6 Å². The van der Waals surface area contributed by atoms with Gasteiger partial charge in [0.15, 0.2) is 15.9 Å². The van der Waals surface area contributed by atoms with E-state index in [9.17, 15) is 0 Å². The first-order valence-corrected chi connectivity index (χ1v) is 9.79. The van der Waals surface area contributed by atoms with E-state index in [4.69, 9.17) is 4.42 Å². The molecule has 1 fully saturated rings. The van der Waals surface area contributed by atoms with Crippen LogP contribution in [0, 0.1) is 6.92 Å². The Bertz CT molecular complexity index is 860. The third-order valence-corrected chi connectivity index (χ3v) is 5.76. The first kappa shape index (κ1) is 15.7. The molecule has 0 N–H and O–H groups in total. The zero-order valence-electron chi connectivity index (χ0n) is 13.4. The summed E-state index contributed by atoms with van der Waals surface area (Å²) in [5.74, 6) is 4.19. The monoisotopic (exact) mass is 358 g/mol. The number of aromatic nitrogens is 4. The smallest absolute Gasteiger partial charge is 0.191 e. The van der Waals surface area contributed by atoms with Crippen molar-refractivity contribution in [2.75, 3.05) is 0 Å². The number of hydrogen-bond donors (Lipinski definition) is 0. The molecule has 5 nitrogen and oxygen atoms in total. The number of aryl methyl sites for hydroxylation is 1. The maximum absolute atomic E-state index is 5.64. The fourth-order valence-electron chi connectivity index (χ4n) is 2.53. The maximum Gasteiger partial charge on any atom is 0.191 e. The zero-order valence-corrected chi connectivity index (χ0v) is 15.1. The first-order chi connectivity index (χ1) is 11.7. The van der Waals surface area contributed by atoms with Crippen molar-refractivity contribution in [3.05, 3.63) is 47.4 Å². The van der Waals surface area contributed by atoms with Gasteiger partial charge in [-0.15, -0.1) is 28.1 Å². The third kappa shape index (κ3) is 3.18. The average Bonchev–Trinajstić information content (AvgIpc) is 2.97. The van der Waals surface area contributed by atoms with Crippen LogP contribution in [0.2, 0.25) is 0 Å². The number of furan rings is 1. The van der Waals surface area contributed by atoms with Crippen LogP contribution in [0.5, 0.6) is 0 Å². The van der Waals surface area contributed by atoms with Crippen LogP contribution in [0.4, 0.5) is 0 Å². The van der Waals surface area contributed by atoms with Gasteiger partial charge in [-0.05, 0) is 31.9 Å². The Balaban J connectivity index is 1.47. The van der Waals surface area contributed by atoms with Gasteiger partial charge < -0.3 is 8.98 Å². The van der Waals surface area contributed by atoms with Crippen LogP contribution in [0.25, 0.3) is 10.8 Å². The Hall–Kier alpha value is -1.86. The van der Waals surface area contributed by atoms with Gasteiger partial charge in [-0.1, -0.05) is 17.8 Å². The fraction of sp³-hybridized carbons (Fsp3) is 0.353. The molecule has 0 unspecified atom stereocenters. The highest BCUT2D eigenvalue weighted by molar-refractivity contribution is 7.98. The van der Waals surface area contributed by atoms with Crippen molar-refractivity contribution in [3.8, 4) is 10.8 Å². The summed E-state index contributed by atoms with van der Waals surface area (Å²) in [6.07, 6.45) is 4.34. The van der Waals surface area contributed by atoms with Gasteiger partial charge in [-0.2, -0.15) is 0 Å². The Kier molecular flexibility index (Phi) is 4.28. The highest BCUT2D eigenvalue weighted by Gasteiger charge is 2.30. The molecule has 0 bridgehead atoms. The Morgan fingerprint density at radius 1 is 1.42 bits per heavy atom. The molecule has 1 aliphatic carbocycles. The lowest BCUT2D eigenvalue weighted by molar-refractivity contribution is 0.548. The van der Waals surface area contributed by atoms with Gasteiger partial charge >= 0.3 is 0 Å². The van der Waals surface area contributed by atoms with Crippen LogP contribution in [-0.4, -0.2) is 19.7 Å². The molecule has 124 valence electrons. The number of nitrogens with zero attached hydrogens (tertiary/aromatic N) is 4. The van der Waals surface area contributed by atoms with Crippen molar-refractivity contribution < 1.29 is 4.42 Å². The number of hydrogen-bond acceptors (Lipinski definition) is 6. The lowest BCUT2D eigenvalue weighted by atomic mass is 10.4. The van der Waals surface area contributed by atoms with Crippen LogP contribution < -0.4 is 0 Å². The van der Waals surface area contributed by atoms with Crippen LogP contribution in [0.1, 0.15) is 36.0 Å². The average molecular weight is 358 g/mol. The van der Waals surface area contributed by atoms with Crippen molar-refractivity contribution in [2.45, 2.75) is 43.1 Å². The van der Waals surface area contributed by atoms with E-state index in [0.717, 1.165) is 45.5 Å². The second-order valence-corrected chi connectivity index (χ2v) is 7.66. The quantitative estimate of drug-likeness (QED) is 0.454. The first-order valence-electron chi connectivity index (χ1n) is 7.92. The number of thiazole rings is 1. The minimum atomic E-state index is 0.583. The molecule has 3 aromatic heterocycles. The Morgan fingerprint density at radius 2 is 2.29 bits per heavy atom. The van der Waals surface area contributed by atoms with E-state index >= 15 is 0 Å². The van der Waals surface area contributed by atoms with Gasteiger partial charge in [0.2, 0.25) is 0 Å². The summed E-state index contributed by atoms with van der Waals surface area (Å²) in [6, 6.07) is 3.93. The standard InChI is InChI=1S/C17H18N4OS2/c1-3-8-21-15(12-5-6-12)19-20-17(21)24-10-13-9-23-16(18-13)14-7-4-11(2)22-14/h3-4,7,9,12H,1,5-6,8,10H2,2H3. The molecule has 0 aromatic carbocycles. The Morgan fingerprint density at radius 3 is 3.00 bits per heavy atom. The van der Waals surface area contributed by atoms with Gasteiger partial charge in [-0.25, -0.2) is 4.98 Å². The molecule has 1 aliphatic rings. The summed E-state index contributed by atoms with van der Waals surface area (Å²) >= 11 is 3.28. The van der Waals surface area contributed by atoms with Crippen LogP contribution in [-0.2, 0) is 12.3 Å². The molecule has 0 radical (unpaired) electrons. The fourth-order valence-corrected chi connectivity index (χ4v) is 4.26. The molecule has 3 aromatic rings. The minimum absolute atomic E-state index is 0.583. The molecular formula is C17H18N4OS2. The molecule has 7 heteroatoms. The normalized spacial score (nSPS) is 14.2. The van der Waals surface area contributed by atoms with E-state index in [1.807, 2.05) is 25.1 Å². The lowest BCUT2D eigenvalue weighted by Crippen LogP contribution is -2.02. The van der Waals surface area contributed by atoms with Crippen LogP contribution >= 0.6 is 23.1 Å². The van der Waals surface area contributed by atoms with E-state index in [1.165, 1.54) is 12.8 Å². The largest absolute Gasteiger partial charge is 0.459 e.